The van der Waals surface area contributed by atoms with Gasteiger partial charge in [-0.15, -0.1) is 0 Å². The normalized spacial score (nSPS) is 30.8. The molecule has 2 aliphatic carbocycles. The Morgan fingerprint density at radius 1 is 1.03 bits per heavy atom. The van der Waals surface area contributed by atoms with Crippen LogP contribution < -0.4 is 0 Å². The van der Waals surface area contributed by atoms with Crippen molar-refractivity contribution in [3.8, 4) is 0 Å². The van der Waals surface area contributed by atoms with Crippen molar-refractivity contribution in [2.75, 3.05) is 6.61 Å². The molecule has 2 aliphatic rings. The van der Waals surface area contributed by atoms with Gasteiger partial charge in [0.15, 0.2) is 0 Å². The maximum absolute atomic E-state index is 12.6. The van der Waals surface area contributed by atoms with Crippen LogP contribution >= 0.6 is 0 Å². The zero-order chi connectivity index (χ0) is 27.7. The molecule has 0 heterocycles. The SMILES string of the molecule is CCCCCC1C=C(O)C(C/C=C(\C)CCC=C(C)C)=C(C[C@@H]2C[C@H](CO)C(O)[C@H](O)C2O)C1C(=O)O. The highest BCUT2D eigenvalue weighted by molar-refractivity contribution is 5.76. The number of unbranched alkanes of at least 4 members (excludes halogenated alkanes) is 2. The van der Waals surface area contributed by atoms with Gasteiger partial charge in [0.05, 0.1) is 18.1 Å². The first-order valence-electron chi connectivity index (χ1n) is 13.8. The smallest absolute Gasteiger partial charge is 0.311 e. The summed E-state index contributed by atoms with van der Waals surface area (Å²) in [7, 11) is 0. The first-order chi connectivity index (χ1) is 17.5. The third kappa shape index (κ3) is 8.54. The lowest BCUT2D eigenvalue weighted by atomic mass is 9.68. The van der Waals surface area contributed by atoms with E-state index in [2.05, 4.69) is 26.8 Å². The second-order valence-electron chi connectivity index (χ2n) is 11.2. The summed E-state index contributed by atoms with van der Waals surface area (Å²) in [6.45, 7) is 7.88. The van der Waals surface area contributed by atoms with Crippen molar-refractivity contribution >= 4 is 5.97 Å². The maximum Gasteiger partial charge on any atom is 0.311 e. The number of hydrogen-bond donors (Lipinski definition) is 6. The lowest BCUT2D eigenvalue weighted by Gasteiger charge is -2.41. The fourth-order valence-electron chi connectivity index (χ4n) is 5.77. The van der Waals surface area contributed by atoms with E-state index in [0.29, 0.717) is 24.0 Å². The minimum atomic E-state index is -1.42. The summed E-state index contributed by atoms with van der Waals surface area (Å²) in [5.74, 6) is -3.24. The third-order valence-electron chi connectivity index (χ3n) is 8.01. The predicted molar refractivity (Wildman–Crippen MR) is 145 cm³/mol. The average Bonchev–Trinajstić information content (AvgIpc) is 2.83. The second kappa shape index (κ2) is 14.9. The molecule has 37 heavy (non-hydrogen) atoms. The van der Waals surface area contributed by atoms with E-state index in [1.54, 1.807) is 6.08 Å². The lowest BCUT2D eigenvalue weighted by molar-refractivity contribution is -0.145. The second-order valence-corrected chi connectivity index (χ2v) is 11.2. The minimum absolute atomic E-state index is 0.0898. The van der Waals surface area contributed by atoms with Crippen LogP contribution in [0.25, 0.3) is 0 Å². The summed E-state index contributed by atoms with van der Waals surface area (Å²) >= 11 is 0. The molecule has 7 heteroatoms. The molecule has 0 aliphatic heterocycles. The molecule has 7 nitrogen and oxygen atoms in total. The molecule has 0 amide bonds. The predicted octanol–water partition coefficient (Wildman–Crippen LogP) is 4.82. The van der Waals surface area contributed by atoms with Gasteiger partial charge in [-0.1, -0.05) is 49.5 Å². The van der Waals surface area contributed by atoms with E-state index in [0.717, 1.165) is 37.7 Å². The molecule has 7 atom stereocenters. The number of aliphatic carboxylic acids is 1. The zero-order valence-corrected chi connectivity index (χ0v) is 22.9. The number of carboxylic acid groups (broad SMARTS) is 1. The van der Waals surface area contributed by atoms with Crippen LogP contribution in [0.3, 0.4) is 0 Å². The highest BCUT2D eigenvalue weighted by atomic mass is 16.4. The summed E-state index contributed by atoms with van der Waals surface area (Å²) in [6, 6.07) is 0. The molecular weight excluding hydrogens is 472 g/mol. The molecule has 1 saturated carbocycles. The Labute approximate surface area is 221 Å². The van der Waals surface area contributed by atoms with Crippen molar-refractivity contribution < 1.29 is 35.4 Å². The maximum atomic E-state index is 12.6. The lowest BCUT2D eigenvalue weighted by Crippen LogP contribution is -2.52. The van der Waals surface area contributed by atoms with E-state index in [-0.39, 0.29) is 31.1 Å². The number of carboxylic acids is 1. The van der Waals surface area contributed by atoms with Crippen LogP contribution in [-0.4, -0.2) is 61.5 Å². The third-order valence-corrected chi connectivity index (χ3v) is 8.01. The van der Waals surface area contributed by atoms with Crippen LogP contribution in [0.5, 0.6) is 0 Å². The first kappa shape index (κ1) is 31.3. The number of aliphatic hydroxyl groups is 5. The summed E-state index contributed by atoms with van der Waals surface area (Å²) < 4.78 is 0. The number of aliphatic hydroxyl groups excluding tert-OH is 5. The Morgan fingerprint density at radius 2 is 1.70 bits per heavy atom. The molecule has 0 aromatic heterocycles. The Balaban J connectivity index is 2.44. The molecule has 2 rings (SSSR count). The van der Waals surface area contributed by atoms with Crippen LogP contribution in [-0.2, 0) is 4.79 Å². The number of carbonyl (C=O) groups is 1. The van der Waals surface area contributed by atoms with E-state index < -0.39 is 42.0 Å². The van der Waals surface area contributed by atoms with Crippen molar-refractivity contribution in [3.63, 3.8) is 0 Å². The Bertz CT molecular complexity index is 878. The fourth-order valence-corrected chi connectivity index (χ4v) is 5.77. The molecule has 0 radical (unpaired) electrons. The Morgan fingerprint density at radius 3 is 2.30 bits per heavy atom. The number of allylic oxidation sites excluding steroid dienone is 6. The van der Waals surface area contributed by atoms with Gasteiger partial charge in [-0.25, -0.2) is 0 Å². The highest BCUT2D eigenvalue weighted by Crippen LogP contribution is 2.44. The monoisotopic (exact) mass is 520 g/mol. The topological polar surface area (TPSA) is 138 Å². The fraction of sp³-hybridized carbons (Fsp3) is 0.700. The summed E-state index contributed by atoms with van der Waals surface area (Å²) in [4.78, 5) is 12.6. The largest absolute Gasteiger partial charge is 0.508 e. The Kier molecular flexibility index (Phi) is 12.6. The summed E-state index contributed by atoms with van der Waals surface area (Å²) in [5.41, 5.74) is 3.54. The van der Waals surface area contributed by atoms with Gasteiger partial charge in [0.25, 0.3) is 0 Å². The quantitative estimate of drug-likeness (QED) is 0.151. The van der Waals surface area contributed by atoms with Gasteiger partial charge in [-0.05, 0) is 88.4 Å². The van der Waals surface area contributed by atoms with Crippen LogP contribution in [0.1, 0.15) is 85.5 Å². The van der Waals surface area contributed by atoms with Crippen molar-refractivity contribution in [1.82, 2.24) is 0 Å². The molecule has 210 valence electrons. The van der Waals surface area contributed by atoms with E-state index in [9.17, 15) is 35.4 Å². The minimum Gasteiger partial charge on any atom is -0.508 e. The van der Waals surface area contributed by atoms with Crippen molar-refractivity contribution in [3.05, 3.63) is 46.3 Å². The van der Waals surface area contributed by atoms with Gasteiger partial charge < -0.3 is 30.6 Å². The van der Waals surface area contributed by atoms with Crippen molar-refractivity contribution in [2.45, 2.75) is 104 Å². The molecule has 1 fully saturated rings. The van der Waals surface area contributed by atoms with Crippen LogP contribution in [0.4, 0.5) is 0 Å². The zero-order valence-electron chi connectivity index (χ0n) is 22.9. The van der Waals surface area contributed by atoms with Gasteiger partial charge in [0.2, 0.25) is 0 Å². The first-order valence-corrected chi connectivity index (χ1v) is 13.8. The van der Waals surface area contributed by atoms with Gasteiger partial charge in [-0.2, -0.15) is 0 Å². The summed E-state index contributed by atoms with van der Waals surface area (Å²) in [6.07, 6.45) is 8.00. The molecule has 0 aromatic rings. The average molecular weight is 521 g/mol. The van der Waals surface area contributed by atoms with Crippen molar-refractivity contribution in [1.29, 1.82) is 0 Å². The van der Waals surface area contributed by atoms with Gasteiger partial charge >= 0.3 is 5.97 Å². The molecule has 0 aromatic carbocycles. The molecule has 6 N–H and O–H groups in total. The van der Waals surface area contributed by atoms with E-state index in [4.69, 9.17) is 0 Å². The van der Waals surface area contributed by atoms with E-state index in [1.165, 1.54) is 5.57 Å². The van der Waals surface area contributed by atoms with Crippen LogP contribution in [0.15, 0.2) is 46.3 Å². The summed E-state index contributed by atoms with van der Waals surface area (Å²) in [5, 5.41) is 62.6. The van der Waals surface area contributed by atoms with Gasteiger partial charge in [0, 0.05) is 12.5 Å². The van der Waals surface area contributed by atoms with Crippen molar-refractivity contribution in [2.24, 2.45) is 23.7 Å². The molecule has 0 saturated heterocycles. The number of hydrogen-bond acceptors (Lipinski definition) is 6. The van der Waals surface area contributed by atoms with E-state index in [1.807, 2.05) is 13.0 Å². The molecule has 0 spiro atoms. The molecular formula is C30H48O7. The van der Waals surface area contributed by atoms with E-state index >= 15 is 0 Å². The Hall–Kier alpha value is -1.93. The standard InChI is InChI=1S/C30H48O7/c1-5-6-7-11-20-16-25(32)23(13-12-19(4)10-8-9-18(2)3)24(26(20)30(36)37)15-21-14-22(17-31)28(34)29(35)27(21)33/h9,12,16,20-22,26-29,31-35H,5-8,10-11,13-15,17H2,1-4H3,(H,36,37)/b19-12+/t20?,21-,22+,26?,27?,28?,29+/m0/s1. The van der Waals surface area contributed by atoms with Gasteiger partial charge in [-0.3, -0.25) is 4.79 Å². The number of rotatable bonds is 13. The van der Waals surface area contributed by atoms with Gasteiger partial charge in [0.1, 0.15) is 11.9 Å². The van der Waals surface area contributed by atoms with Crippen LogP contribution in [0, 0.1) is 23.7 Å². The highest BCUT2D eigenvalue weighted by Gasteiger charge is 2.45. The molecule has 0 bridgehead atoms. The molecule has 4 unspecified atom stereocenters. The van der Waals surface area contributed by atoms with Crippen LogP contribution in [0.2, 0.25) is 0 Å².